The number of phenols is 1. The third kappa shape index (κ3) is 2.15. The first kappa shape index (κ1) is 10.8. The Morgan fingerprint density at radius 1 is 1.36 bits per heavy atom. The summed E-state index contributed by atoms with van der Waals surface area (Å²) in [5, 5.41) is 14.3. The van der Waals surface area contributed by atoms with E-state index in [2.05, 4.69) is 0 Å². The molecule has 14 heavy (non-hydrogen) atoms. The van der Waals surface area contributed by atoms with E-state index in [1.807, 2.05) is 0 Å². The van der Waals surface area contributed by atoms with E-state index in [9.17, 15) is 13.5 Å². The zero-order valence-corrected chi connectivity index (χ0v) is 8.75. The first-order valence-corrected chi connectivity index (χ1v) is 5.40. The Labute approximate surface area is 82.8 Å². The highest BCUT2D eigenvalue weighted by molar-refractivity contribution is 7.89. The van der Waals surface area contributed by atoms with Crippen molar-refractivity contribution in [3.8, 4) is 5.75 Å². The second kappa shape index (κ2) is 3.47. The number of anilines is 1. The fraction of sp³-hybridized carbons (Fsp3) is 0.250. The second-order valence-corrected chi connectivity index (χ2v) is 4.62. The van der Waals surface area contributed by atoms with Crippen LogP contribution in [0, 0.1) is 0 Å². The number of benzene rings is 1. The van der Waals surface area contributed by atoms with Gasteiger partial charge in [-0.25, -0.2) is 13.6 Å². The van der Waals surface area contributed by atoms with E-state index in [0.29, 0.717) is 5.69 Å². The van der Waals surface area contributed by atoms with Crippen molar-refractivity contribution < 1.29 is 13.5 Å². The monoisotopic (exact) mass is 216 g/mol. The molecule has 0 aliphatic heterocycles. The highest BCUT2D eigenvalue weighted by Gasteiger charge is 2.13. The Kier molecular flexibility index (Phi) is 2.68. The Morgan fingerprint density at radius 2 is 1.93 bits per heavy atom. The summed E-state index contributed by atoms with van der Waals surface area (Å²) in [6.07, 6.45) is 0. The number of nitrogens with zero attached hydrogens (tertiary/aromatic N) is 1. The first-order valence-electron chi connectivity index (χ1n) is 3.85. The van der Waals surface area contributed by atoms with Crippen LogP contribution in [0.15, 0.2) is 23.1 Å². The molecule has 0 radical (unpaired) electrons. The predicted molar refractivity (Wildman–Crippen MR) is 53.8 cm³/mol. The highest BCUT2D eigenvalue weighted by atomic mass is 32.2. The number of hydrogen-bond donors (Lipinski definition) is 2. The van der Waals surface area contributed by atoms with Crippen molar-refractivity contribution in [2.24, 2.45) is 5.14 Å². The molecule has 3 N–H and O–H groups in total. The standard InChI is InChI=1S/C8H12N2O3S/c1-10(2)6-3-4-8(7(11)5-6)14(9,12)13/h3-5,11H,1-2H3,(H2,9,12,13). The van der Waals surface area contributed by atoms with E-state index >= 15 is 0 Å². The molecule has 0 bridgehead atoms. The zero-order valence-electron chi connectivity index (χ0n) is 7.93. The van der Waals surface area contributed by atoms with Crippen molar-refractivity contribution in [3.05, 3.63) is 18.2 Å². The van der Waals surface area contributed by atoms with Crippen LogP contribution in [-0.2, 0) is 10.0 Å². The maximum absolute atomic E-state index is 10.9. The summed E-state index contributed by atoms with van der Waals surface area (Å²) in [6.45, 7) is 0. The van der Waals surface area contributed by atoms with Crippen molar-refractivity contribution in [3.63, 3.8) is 0 Å². The molecule has 0 aromatic heterocycles. The summed E-state index contributed by atoms with van der Waals surface area (Å²) in [7, 11) is -0.278. The van der Waals surface area contributed by atoms with Crippen molar-refractivity contribution in [2.45, 2.75) is 4.90 Å². The molecule has 0 saturated carbocycles. The number of phenolic OH excluding ortho intramolecular Hbond substituents is 1. The molecule has 5 nitrogen and oxygen atoms in total. The van der Waals surface area contributed by atoms with E-state index in [1.54, 1.807) is 25.1 Å². The third-order valence-corrected chi connectivity index (χ3v) is 2.72. The fourth-order valence-corrected chi connectivity index (χ4v) is 1.63. The van der Waals surface area contributed by atoms with E-state index < -0.39 is 10.0 Å². The minimum Gasteiger partial charge on any atom is -0.506 e. The lowest BCUT2D eigenvalue weighted by molar-refractivity contribution is 0.459. The Morgan fingerprint density at radius 3 is 2.29 bits per heavy atom. The van der Waals surface area contributed by atoms with Gasteiger partial charge in [0.1, 0.15) is 10.6 Å². The Hall–Kier alpha value is -1.27. The molecule has 0 saturated heterocycles. The summed E-state index contributed by atoms with van der Waals surface area (Å²) in [4.78, 5) is 1.48. The zero-order chi connectivity index (χ0) is 10.9. The van der Waals surface area contributed by atoms with Gasteiger partial charge in [0.05, 0.1) is 0 Å². The van der Waals surface area contributed by atoms with Gasteiger partial charge in [0.25, 0.3) is 0 Å². The van der Waals surface area contributed by atoms with Gasteiger partial charge in [-0.05, 0) is 12.1 Å². The first-order chi connectivity index (χ1) is 6.32. The molecular weight excluding hydrogens is 204 g/mol. The molecule has 0 aliphatic rings. The lowest BCUT2D eigenvalue weighted by Gasteiger charge is -2.13. The summed E-state index contributed by atoms with van der Waals surface area (Å²) in [6, 6.07) is 4.19. The van der Waals surface area contributed by atoms with E-state index in [4.69, 9.17) is 5.14 Å². The number of hydrogen-bond acceptors (Lipinski definition) is 4. The van der Waals surface area contributed by atoms with E-state index in [-0.39, 0.29) is 10.6 Å². The molecule has 0 fully saturated rings. The second-order valence-electron chi connectivity index (χ2n) is 3.09. The van der Waals surface area contributed by atoms with Crippen LogP contribution in [0.1, 0.15) is 0 Å². The molecule has 0 spiro atoms. The van der Waals surface area contributed by atoms with Gasteiger partial charge in [0, 0.05) is 25.8 Å². The molecule has 1 aromatic rings. The van der Waals surface area contributed by atoms with Gasteiger partial charge in [0.2, 0.25) is 10.0 Å². The van der Waals surface area contributed by atoms with Crippen LogP contribution in [0.5, 0.6) is 5.75 Å². The van der Waals surface area contributed by atoms with Crippen LogP contribution in [0.4, 0.5) is 5.69 Å². The molecular formula is C8H12N2O3S. The van der Waals surface area contributed by atoms with Crippen molar-refractivity contribution in [2.75, 3.05) is 19.0 Å². The maximum atomic E-state index is 10.9. The van der Waals surface area contributed by atoms with Crippen LogP contribution < -0.4 is 10.0 Å². The largest absolute Gasteiger partial charge is 0.506 e. The quantitative estimate of drug-likeness (QED) is 0.734. The van der Waals surface area contributed by atoms with E-state index in [0.717, 1.165) is 0 Å². The lowest BCUT2D eigenvalue weighted by Crippen LogP contribution is -2.13. The summed E-state index contributed by atoms with van der Waals surface area (Å²) in [5.41, 5.74) is 0.704. The molecule has 78 valence electrons. The Balaban J connectivity index is 3.28. The summed E-state index contributed by atoms with van der Waals surface area (Å²) in [5.74, 6) is -0.335. The third-order valence-electron chi connectivity index (χ3n) is 1.77. The van der Waals surface area contributed by atoms with Crippen LogP contribution in [0.3, 0.4) is 0 Å². The average molecular weight is 216 g/mol. The van der Waals surface area contributed by atoms with Gasteiger partial charge in [0.15, 0.2) is 0 Å². The van der Waals surface area contributed by atoms with Crippen molar-refractivity contribution in [1.82, 2.24) is 0 Å². The number of nitrogens with two attached hydrogens (primary N) is 1. The number of rotatable bonds is 2. The van der Waals surface area contributed by atoms with Gasteiger partial charge in [-0.15, -0.1) is 0 Å². The molecule has 0 heterocycles. The predicted octanol–water partition coefficient (Wildman–Crippen LogP) is 0.106. The summed E-state index contributed by atoms with van der Waals surface area (Å²) < 4.78 is 21.9. The average Bonchev–Trinajstić information content (AvgIpc) is 2.01. The van der Waals surface area contributed by atoms with E-state index in [1.165, 1.54) is 12.1 Å². The van der Waals surface area contributed by atoms with Crippen LogP contribution in [0.2, 0.25) is 0 Å². The van der Waals surface area contributed by atoms with Gasteiger partial charge in [-0.2, -0.15) is 0 Å². The molecule has 0 amide bonds. The topological polar surface area (TPSA) is 83.6 Å². The van der Waals surface area contributed by atoms with Gasteiger partial charge < -0.3 is 10.0 Å². The molecule has 1 aromatic carbocycles. The number of sulfonamides is 1. The number of aromatic hydroxyl groups is 1. The minimum absolute atomic E-state index is 0.261. The fourth-order valence-electron chi connectivity index (χ4n) is 1.02. The molecule has 1 rings (SSSR count). The molecule has 0 unspecified atom stereocenters. The molecule has 0 aliphatic carbocycles. The minimum atomic E-state index is -3.84. The Bertz CT molecular complexity index is 440. The summed E-state index contributed by atoms with van der Waals surface area (Å²) >= 11 is 0. The SMILES string of the molecule is CN(C)c1ccc(S(N)(=O)=O)c(O)c1. The lowest BCUT2D eigenvalue weighted by atomic mass is 10.3. The van der Waals surface area contributed by atoms with Crippen LogP contribution >= 0.6 is 0 Å². The molecule has 6 heteroatoms. The van der Waals surface area contributed by atoms with Gasteiger partial charge in [-0.1, -0.05) is 0 Å². The van der Waals surface area contributed by atoms with Crippen LogP contribution in [0.25, 0.3) is 0 Å². The number of primary sulfonamides is 1. The van der Waals surface area contributed by atoms with Crippen molar-refractivity contribution >= 4 is 15.7 Å². The molecule has 0 atom stereocenters. The normalized spacial score (nSPS) is 11.4. The van der Waals surface area contributed by atoms with Gasteiger partial charge in [-0.3, -0.25) is 0 Å². The smallest absolute Gasteiger partial charge is 0.241 e. The van der Waals surface area contributed by atoms with Crippen molar-refractivity contribution in [1.29, 1.82) is 0 Å². The van der Waals surface area contributed by atoms with Crippen LogP contribution in [-0.4, -0.2) is 27.6 Å². The van der Waals surface area contributed by atoms with Gasteiger partial charge >= 0.3 is 0 Å². The maximum Gasteiger partial charge on any atom is 0.241 e. The highest BCUT2D eigenvalue weighted by Crippen LogP contribution is 2.26.